The molecule has 14 heavy (non-hydrogen) atoms. The van der Waals surface area contributed by atoms with E-state index in [-0.39, 0.29) is 0 Å². The Morgan fingerprint density at radius 1 is 1.50 bits per heavy atom. The van der Waals surface area contributed by atoms with E-state index in [1.54, 1.807) is 0 Å². The normalized spacial score (nSPS) is 15.1. The van der Waals surface area contributed by atoms with Crippen LogP contribution in [0.25, 0.3) is 0 Å². The maximum absolute atomic E-state index is 5.33. The first kappa shape index (κ1) is 9.54. The number of hydrazine groups is 1. The fraction of sp³-hybridized carbons (Fsp3) is 0.500. The minimum Gasteiger partial charge on any atom is -0.356 e. The van der Waals surface area contributed by atoms with Crippen LogP contribution in [0.15, 0.2) is 11.2 Å². The summed E-state index contributed by atoms with van der Waals surface area (Å²) in [6.45, 7) is 2.16. The van der Waals surface area contributed by atoms with Crippen molar-refractivity contribution in [3.05, 3.63) is 6.07 Å². The van der Waals surface area contributed by atoms with Gasteiger partial charge in [0.25, 0.3) is 0 Å². The molecule has 0 aliphatic carbocycles. The van der Waals surface area contributed by atoms with Gasteiger partial charge in [0.2, 0.25) is 0 Å². The number of nitrogens with one attached hydrogen (secondary N) is 1. The molecule has 0 radical (unpaired) electrons. The summed E-state index contributed by atoms with van der Waals surface area (Å²) in [6.07, 6.45) is 3.19. The van der Waals surface area contributed by atoms with E-state index in [1.807, 2.05) is 12.3 Å². The topological polar surface area (TPSA) is 67.1 Å². The third kappa shape index (κ3) is 1.76. The minimum absolute atomic E-state index is 0.672. The number of anilines is 2. The summed E-state index contributed by atoms with van der Waals surface area (Å²) >= 11 is 1.52. The second kappa shape index (κ2) is 4.02. The molecule has 1 aliphatic rings. The minimum atomic E-state index is 0.672. The smallest absolute Gasteiger partial charge is 0.191 e. The van der Waals surface area contributed by atoms with Crippen molar-refractivity contribution >= 4 is 23.4 Å². The molecule has 0 unspecified atom stereocenters. The van der Waals surface area contributed by atoms with Crippen LogP contribution in [0.1, 0.15) is 6.42 Å². The molecule has 2 heterocycles. The number of nitrogens with zero attached hydrogens (tertiary/aromatic N) is 3. The second-order valence-corrected chi connectivity index (χ2v) is 3.86. The summed E-state index contributed by atoms with van der Waals surface area (Å²) in [5.41, 5.74) is 2.55. The van der Waals surface area contributed by atoms with Crippen molar-refractivity contribution in [2.24, 2.45) is 5.84 Å². The molecule has 2 rings (SSSR count). The van der Waals surface area contributed by atoms with Crippen molar-refractivity contribution < 1.29 is 0 Å². The highest BCUT2D eigenvalue weighted by Crippen LogP contribution is 2.23. The Morgan fingerprint density at radius 2 is 2.29 bits per heavy atom. The average Bonchev–Trinajstić information content (AvgIpc) is 2.14. The summed E-state index contributed by atoms with van der Waals surface area (Å²) < 4.78 is 0. The number of hydrogen-bond donors (Lipinski definition) is 2. The van der Waals surface area contributed by atoms with E-state index < -0.39 is 0 Å². The maximum Gasteiger partial charge on any atom is 0.191 e. The van der Waals surface area contributed by atoms with Crippen LogP contribution in [0, 0.1) is 0 Å². The third-order valence-electron chi connectivity index (χ3n) is 2.20. The van der Waals surface area contributed by atoms with E-state index in [0.29, 0.717) is 5.82 Å². The molecule has 5 nitrogen and oxygen atoms in total. The highest BCUT2D eigenvalue weighted by Gasteiger charge is 2.17. The highest BCUT2D eigenvalue weighted by atomic mass is 32.2. The molecule has 3 N–H and O–H groups in total. The number of hydrogen-bond acceptors (Lipinski definition) is 6. The summed E-state index contributed by atoms with van der Waals surface area (Å²) in [5.74, 6) is 6.97. The molecule has 0 spiro atoms. The summed E-state index contributed by atoms with van der Waals surface area (Å²) in [6, 6.07) is 1.87. The highest BCUT2D eigenvalue weighted by molar-refractivity contribution is 7.98. The third-order valence-corrected chi connectivity index (χ3v) is 2.75. The van der Waals surface area contributed by atoms with Gasteiger partial charge in [-0.3, -0.25) is 0 Å². The maximum atomic E-state index is 5.33. The van der Waals surface area contributed by atoms with Crippen LogP contribution in [0.4, 0.5) is 11.6 Å². The Morgan fingerprint density at radius 3 is 2.79 bits per heavy atom. The molecule has 6 heteroatoms. The van der Waals surface area contributed by atoms with Crippen LogP contribution >= 0.6 is 11.8 Å². The van der Waals surface area contributed by atoms with Crippen LogP contribution in [-0.4, -0.2) is 29.3 Å². The zero-order valence-corrected chi connectivity index (χ0v) is 8.84. The molecule has 0 aromatic carbocycles. The van der Waals surface area contributed by atoms with Crippen LogP contribution < -0.4 is 16.2 Å². The Kier molecular flexibility index (Phi) is 2.74. The number of nitrogen functional groups attached to an aromatic ring is 1. The van der Waals surface area contributed by atoms with Crippen LogP contribution in [-0.2, 0) is 0 Å². The molecular formula is C8H13N5S. The Labute approximate surface area is 87.1 Å². The van der Waals surface area contributed by atoms with Crippen molar-refractivity contribution in [3.8, 4) is 0 Å². The van der Waals surface area contributed by atoms with Crippen molar-refractivity contribution in [1.29, 1.82) is 0 Å². The lowest BCUT2D eigenvalue weighted by Crippen LogP contribution is -2.37. The number of nitrogens with two attached hydrogens (primary N) is 1. The molecule has 1 aromatic rings. The van der Waals surface area contributed by atoms with Gasteiger partial charge in [0.05, 0.1) is 0 Å². The predicted molar refractivity (Wildman–Crippen MR) is 58.5 cm³/mol. The zero-order valence-electron chi connectivity index (χ0n) is 8.03. The van der Waals surface area contributed by atoms with Gasteiger partial charge in [0, 0.05) is 19.2 Å². The van der Waals surface area contributed by atoms with E-state index in [4.69, 9.17) is 5.84 Å². The van der Waals surface area contributed by atoms with Crippen molar-refractivity contribution in [2.45, 2.75) is 11.6 Å². The first-order chi connectivity index (χ1) is 6.83. The Hall–Kier alpha value is -1.01. The second-order valence-electron chi connectivity index (χ2n) is 3.08. The van der Waals surface area contributed by atoms with Gasteiger partial charge in [0.15, 0.2) is 5.16 Å². The lowest BCUT2D eigenvalue weighted by Gasteiger charge is -2.32. The lowest BCUT2D eigenvalue weighted by molar-refractivity contribution is 0.605. The van der Waals surface area contributed by atoms with Gasteiger partial charge in [-0.15, -0.1) is 0 Å². The van der Waals surface area contributed by atoms with Crippen LogP contribution in [0.3, 0.4) is 0 Å². The molecule has 1 fully saturated rings. The SMILES string of the molecule is CSc1nc(NN)cc(N2CCC2)n1. The van der Waals surface area contributed by atoms with E-state index in [9.17, 15) is 0 Å². The summed E-state index contributed by atoms with van der Waals surface area (Å²) in [7, 11) is 0. The molecule has 1 saturated heterocycles. The Balaban J connectivity index is 2.28. The van der Waals surface area contributed by atoms with E-state index in [1.165, 1.54) is 18.2 Å². The fourth-order valence-corrected chi connectivity index (χ4v) is 1.66. The molecule has 1 aliphatic heterocycles. The van der Waals surface area contributed by atoms with Crippen molar-refractivity contribution in [3.63, 3.8) is 0 Å². The average molecular weight is 211 g/mol. The van der Waals surface area contributed by atoms with Crippen LogP contribution in [0.2, 0.25) is 0 Å². The van der Waals surface area contributed by atoms with Gasteiger partial charge in [-0.1, -0.05) is 11.8 Å². The van der Waals surface area contributed by atoms with Gasteiger partial charge in [-0.25, -0.2) is 15.8 Å². The Bertz CT molecular complexity index is 303. The fourth-order valence-electron chi connectivity index (χ4n) is 1.29. The first-order valence-electron chi connectivity index (χ1n) is 4.48. The summed E-state index contributed by atoms with van der Waals surface area (Å²) in [5, 5.41) is 0.752. The van der Waals surface area contributed by atoms with Gasteiger partial charge in [-0.2, -0.15) is 0 Å². The van der Waals surface area contributed by atoms with Crippen molar-refractivity contribution in [2.75, 3.05) is 29.7 Å². The van der Waals surface area contributed by atoms with E-state index in [2.05, 4.69) is 20.3 Å². The van der Waals surface area contributed by atoms with Crippen molar-refractivity contribution in [1.82, 2.24) is 9.97 Å². The number of aromatic nitrogens is 2. The summed E-state index contributed by atoms with van der Waals surface area (Å²) in [4.78, 5) is 10.8. The van der Waals surface area contributed by atoms with E-state index >= 15 is 0 Å². The standard InChI is InChI=1S/C8H13N5S/c1-14-8-10-6(12-9)5-7(11-8)13-3-2-4-13/h5H,2-4,9H2,1H3,(H,10,11,12). The molecule has 1 aromatic heterocycles. The zero-order chi connectivity index (χ0) is 9.97. The largest absolute Gasteiger partial charge is 0.356 e. The quantitative estimate of drug-likeness (QED) is 0.332. The van der Waals surface area contributed by atoms with Gasteiger partial charge in [-0.05, 0) is 12.7 Å². The number of thioether (sulfide) groups is 1. The lowest BCUT2D eigenvalue weighted by atomic mass is 10.2. The van der Waals surface area contributed by atoms with Gasteiger partial charge < -0.3 is 10.3 Å². The molecular weight excluding hydrogens is 198 g/mol. The first-order valence-corrected chi connectivity index (χ1v) is 5.70. The van der Waals surface area contributed by atoms with E-state index in [0.717, 1.165) is 24.1 Å². The number of rotatable bonds is 3. The molecule has 0 saturated carbocycles. The molecule has 0 bridgehead atoms. The molecule has 0 amide bonds. The van der Waals surface area contributed by atoms with Gasteiger partial charge in [0.1, 0.15) is 11.6 Å². The molecule has 76 valence electrons. The van der Waals surface area contributed by atoms with Crippen LogP contribution in [0.5, 0.6) is 0 Å². The molecule has 0 atom stereocenters. The predicted octanol–water partition coefficient (Wildman–Crippen LogP) is 0.694. The van der Waals surface area contributed by atoms with Gasteiger partial charge >= 0.3 is 0 Å². The monoisotopic (exact) mass is 211 g/mol.